The molecule has 6 rings (SSSR count). The van der Waals surface area contributed by atoms with E-state index in [1.54, 1.807) is 24.3 Å². The molecule has 0 fully saturated rings. The van der Waals surface area contributed by atoms with Gasteiger partial charge in [0.15, 0.2) is 0 Å². The van der Waals surface area contributed by atoms with Gasteiger partial charge in [0.05, 0.1) is 48.7 Å². The molecule has 0 saturated heterocycles. The van der Waals surface area contributed by atoms with Crippen molar-refractivity contribution >= 4 is 78.0 Å². The number of nitrogens with one attached hydrogen (secondary N) is 1. The quantitative estimate of drug-likeness (QED) is 0.0212. The van der Waals surface area contributed by atoms with Crippen LogP contribution in [0.1, 0.15) is 172 Å². The summed E-state index contributed by atoms with van der Waals surface area (Å²) < 4.78 is 23.4. The first-order chi connectivity index (χ1) is 27.9. The molecular weight excluding hydrogens is 719 g/mol. The van der Waals surface area contributed by atoms with Gasteiger partial charge in [0.1, 0.15) is 0 Å². The Labute approximate surface area is 335 Å². The summed E-state index contributed by atoms with van der Waals surface area (Å²) in [5.74, 6) is -2.01. The number of benzene rings is 5. The van der Waals surface area contributed by atoms with Gasteiger partial charge in [0.2, 0.25) is 0 Å². The third-order valence-corrected chi connectivity index (χ3v) is 11.2. The number of aromatic nitrogens is 1. The molecule has 1 N–H and O–H groups in total. The molecule has 0 atom stereocenters. The van der Waals surface area contributed by atoms with Gasteiger partial charge in [-0.05, 0) is 60.7 Å². The second-order valence-electron chi connectivity index (χ2n) is 15.4. The van der Waals surface area contributed by atoms with Crippen LogP contribution in [-0.4, -0.2) is 55.3 Å². The van der Waals surface area contributed by atoms with Crippen molar-refractivity contribution < 1.29 is 38.1 Å². The molecule has 304 valence electrons. The maximum atomic E-state index is 14.0. The molecule has 0 spiro atoms. The van der Waals surface area contributed by atoms with E-state index in [1.807, 2.05) is 12.1 Å². The van der Waals surface area contributed by atoms with Gasteiger partial charge < -0.3 is 23.9 Å². The summed E-state index contributed by atoms with van der Waals surface area (Å²) in [5.41, 5.74) is 2.45. The van der Waals surface area contributed by atoms with Crippen LogP contribution >= 0.6 is 0 Å². The number of esters is 4. The Kier molecular flexibility index (Phi) is 14.6. The van der Waals surface area contributed by atoms with Crippen molar-refractivity contribution in [2.24, 2.45) is 0 Å². The number of unbranched alkanes of at least 4 members (excludes halogenated alkanes) is 12. The SMILES string of the molecule is CCCCCCOC(=O)c1ccc2c3ccc(C(=O)OCCCCCC)c4c(C(=O)OCCCCCC)cc5[nH]c6cc(C(=O)OCCCCCC)c1c2c6c5c43. The smallest absolute Gasteiger partial charge is 0.338 e. The molecule has 0 aliphatic heterocycles. The first kappa shape index (κ1) is 41.7. The van der Waals surface area contributed by atoms with Gasteiger partial charge in [-0.3, -0.25) is 0 Å². The fourth-order valence-electron chi connectivity index (χ4n) is 8.19. The molecule has 9 nitrogen and oxygen atoms in total. The van der Waals surface area contributed by atoms with Crippen molar-refractivity contribution in [1.82, 2.24) is 4.98 Å². The Morgan fingerprint density at radius 3 is 1.02 bits per heavy atom. The Morgan fingerprint density at radius 1 is 0.386 bits per heavy atom. The van der Waals surface area contributed by atoms with Gasteiger partial charge in [-0.1, -0.05) is 117 Å². The second-order valence-corrected chi connectivity index (χ2v) is 15.4. The van der Waals surface area contributed by atoms with Crippen LogP contribution in [0.3, 0.4) is 0 Å². The van der Waals surface area contributed by atoms with Crippen molar-refractivity contribution in [3.63, 3.8) is 0 Å². The number of rotatable bonds is 24. The van der Waals surface area contributed by atoms with Gasteiger partial charge >= 0.3 is 23.9 Å². The monoisotopic (exact) mass is 777 g/mol. The summed E-state index contributed by atoms with van der Waals surface area (Å²) in [7, 11) is 0. The summed E-state index contributed by atoms with van der Waals surface area (Å²) in [6.07, 6.45) is 15.4. The van der Waals surface area contributed by atoms with Crippen LogP contribution in [0.25, 0.3) is 54.1 Å². The minimum Gasteiger partial charge on any atom is -0.462 e. The van der Waals surface area contributed by atoms with Crippen molar-refractivity contribution in [2.75, 3.05) is 26.4 Å². The number of aromatic amines is 1. The Morgan fingerprint density at radius 2 is 0.702 bits per heavy atom. The highest BCUT2D eigenvalue weighted by Crippen LogP contribution is 2.48. The molecule has 0 bridgehead atoms. The summed E-state index contributed by atoms with van der Waals surface area (Å²) in [5, 5.41) is 5.55. The third-order valence-electron chi connectivity index (χ3n) is 11.2. The first-order valence-corrected chi connectivity index (χ1v) is 21.6. The first-order valence-electron chi connectivity index (χ1n) is 21.6. The number of hydrogen-bond donors (Lipinski definition) is 1. The summed E-state index contributed by atoms with van der Waals surface area (Å²) in [6, 6.07) is 10.7. The molecule has 0 saturated carbocycles. The fraction of sp³-hybridized carbons (Fsp3) is 0.500. The molecule has 0 aliphatic carbocycles. The van der Waals surface area contributed by atoms with E-state index < -0.39 is 23.9 Å². The summed E-state index contributed by atoms with van der Waals surface area (Å²) >= 11 is 0. The lowest BCUT2D eigenvalue weighted by molar-refractivity contribution is 0.0483. The molecule has 0 radical (unpaired) electrons. The van der Waals surface area contributed by atoms with Crippen LogP contribution in [0.15, 0.2) is 36.4 Å². The van der Waals surface area contributed by atoms with Crippen LogP contribution in [0, 0.1) is 0 Å². The maximum absolute atomic E-state index is 14.0. The van der Waals surface area contributed by atoms with Gasteiger partial charge in [-0.15, -0.1) is 0 Å². The predicted octanol–water partition coefficient (Wildman–Crippen LogP) is 12.6. The van der Waals surface area contributed by atoms with E-state index in [4.69, 9.17) is 18.9 Å². The van der Waals surface area contributed by atoms with Crippen molar-refractivity contribution in [3.05, 3.63) is 58.7 Å². The predicted molar refractivity (Wildman–Crippen MR) is 228 cm³/mol. The molecule has 5 aromatic carbocycles. The number of carbonyl (C=O) groups is 4. The van der Waals surface area contributed by atoms with Crippen LogP contribution in [-0.2, 0) is 18.9 Å². The van der Waals surface area contributed by atoms with E-state index in [1.165, 1.54) is 0 Å². The lowest BCUT2D eigenvalue weighted by atomic mass is 9.84. The highest BCUT2D eigenvalue weighted by atomic mass is 16.5. The minimum absolute atomic E-state index is 0.271. The average molecular weight is 778 g/mol. The fourth-order valence-corrected chi connectivity index (χ4v) is 8.19. The van der Waals surface area contributed by atoms with Crippen LogP contribution in [0.5, 0.6) is 0 Å². The zero-order chi connectivity index (χ0) is 40.3. The highest BCUT2D eigenvalue weighted by molar-refractivity contribution is 6.44. The molecular formula is C48H59NO8. The largest absolute Gasteiger partial charge is 0.462 e. The number of H-pyrrole nitrogens is 1. The van der Waals surface area contributed by atoms with Gasteiger partial charge in [-0.25, -0.2) is 19.2 Å². The topological polar surface area (TPSA) is 121 Å². The minimum atomic E-state index is -0.512. The van der Waals surface area contributed by atoms with E-state index in [0.29, 0.717) is 32.9 Å². The number of hydrogen-bond acceptors (Lipinski definition) is 8. The Bertz CT molecular complexity index is 2140. The maximum Gasteiger partial charge on any atom is 0.338 e. The molecule has 1 aromatic heterocycles. The Hall–Kier alpha value is -4.92. The van der Waals surface area contributed by atoms with Crippen molar-refractivity contribution in [3.8, 4) is 0 Å². The normalized spacial score (nSPS) is 11.8. The second kappa shape index (κ2) is 20.0. The van der Waals surface area contributed by atoms with Gasteiger partial charge in [-0.2, -0.15) is 0 Å². The highest BCUT2D eigenvalue weighted by Gasteiger charge is 2.30. The molecule has 0 amide bonds. The van der Waals surface area contributed by atoms with Crippen LogP contribution in [0.2, 0.25) is 0 Å². The van der Waals surface area contributed by atoms with E-state index in [0.717, 1.165) is 135 Å². The number of ether oxygens (including phenoxy) is 4. The molecule has 6 aromatic rings. The molecule has 57 heavy (non-hydrogen) atoms. The van der Waals surface area contributed by atoms with Crippen molar-refractivity contribution in [1.29, 1.82) is 0 Å². The Balaban J connectivity index is 1.55. The average Bonchev–Trinajstić information content (AvgIpc) is 3.60. The van der Waals surface area contributed by atoms with Crippen molar-refractivity contribution in [2.45, 2.75) is 130 Å². The summed E-state index contributed by atoms with van der Waals surface area (Å²) in [4.78, 5) is 59.4. The molecule has 0 unspecified atom stereocenters. The zero-order valence-electron chi connectivity index (χ0n) is 34.4. The van der Waals surface area contributed by atoms with Gasteiger partial charge in [0.25, 0.3) is 0 Å². The molecule has 0 aliphatic rings. The number of fused-ring (bicyclic) bond motifs is 1. The zero-order valence-corrected chi connectivity index (χ0v) is 34.4. The van der Waals surface area contributed by atoms with E-state index in [2.05, 4.69) is 32.7 Å². The van der Waals surface area contributed by atoms with Crippen LogP contribution in [0.4, 0.5) is 0 Å². The number of carbonyl (C=O) groups excluding carboxylic acids is 4. The standard InChI is InChI=1S/C48H59NO8/c1-5-9-13-17-25-54-45(50)33-23-21-31-32-22-24-34(46(51)55-26-18-14-10-6-2)40-36(48(53)57-28-20-16-12-8-4)30-38-44(42(32)40)43-37(49-38)29-35(39(33)41(31)43)47(52)56-27-19-15-11-7-3/h21-24,29-30,49H,5-20,25-28H2,1-4H3. The van der Waals surface area contributed by atoms with Gasteiger partial charge in [0, 0.05) is 43.4 Å². The molecule has 9 heteroatoms. The third kappa shape index (κ3) is 8.98. The lowest BCUT2D eigenvalue weighted by Crippen LogP contribution is -2.13. The van der Waals surface area contributed by atoms with E-state index >= 15 is 0 Å². The van der Waals surface area contributed by atoms with E-state index in [9.17, 15) is 19.2 Å². The van der Waals surface area contributed by atoms with Crippen LogP contribution < -0.4 is 0 Å². The lowest BCUT2D eigenvalue weighted by Gasteiger charge is -2.19. The summed E-state index contributed by atoms with van der Waals surface area (Å²) in [6.45, 7) is 9.65. The molecule has 1 heterocycles. The van der Waals surface area contributed by atoms with E-state index in [-0.39, 0.29) is 37.6 Å².